The molecule has 0 saturated carbocycles. The van der Waals surface area contributed by atoms with E-state index in [-0.39, 0.29) is 23.6 Å². The minimum absolute atomic E-state index is 0.0872. The van der Waals surface area contributed by atoms with Crippen LogP contribution in [0, 0.1) is 12.8 Å². The number of benzene rings is 2. The molecule has 0 radical (unpaired) electrons. The second-order valence-corrected chi connectivity index (χ2v) is 9.71. The molecule has 6 heteroatoms. The van der Waals surface area contributed by atoms with Gasteiger partial charge in [0.05, 0.1) is 17.5 Å². The second-order valence-electron chi connectivity index (χ2n) is 7.69. The summed E-state index contributed by atoms with van der Waals surface area (Å²) < 4.78 is 26.0. The highest BCUT2D eigenvalue weighted by molar-refractivity contribution is 7.92. The van der Waals surface area contributed by atoms with Gasteiger partial charge >= 0.3 is 0 Å². The Bertz CT molecular complexity index is 937. The number of carbonyl (C=O) groups excluding carboxylic acids is 1. The number of amides is 1. The van der Waals surface area contributed by atoms with Crippen molar-refractivity contribution in [3.63, 3.8) is 0 Å². The molecule has 1 heterocycles. The Morgan fingerprint density at radius 1 is 1.04 bits per heavy atom. The fourth-order valence-corrected chi connectivity index (χ4v) is 5.26. The van der Waals surface area contributed by atoms with Crippen molar-refractivity contribution in [1.82, 2.24) is 5.32 Å². The van der Waals surface area contributed by atoms with E-state index in [4.69, 9.17) is 0 Å². The van der Waals surface area contributed by atoms with E-state index in [0.717, 1.165) is 17.5 Å². The zero-order valence-electron chi connectivity index (χ0n) is 16.7. The topological polar surface area (TPSA) is 66.5 Å². The van der Waals surface area contributed by atoms with Crippen LogP contribution in [0.25, 0.3) is 0 Å². The molecule has 28 heavy (non-hydrogen) atoms. The van der Waals surface area contributed by atoms with Gasteiger partial charge in [0.15, 0.2) is 0 Å². The predicted molar refractivity (Wildman–Crippen MR) is 113 cm³/mol. The summed E-state index contributed by atoms with van der Waals surface area (Å²) in [5.41, 5.74) is 3.40. The van der Waals surface area contributed by atoms with Gasteiger partial charge in [-0.1, -0.05) is 38.1 Å². The van der Waals surface area contributed by atoms with Gasteiger partial charge in [-0.2, -0.15) is 0 Å². The highest BCUT2D eigenvalue weighted by Gasteiger charge is 2.26. The molecule has 0 spiro atoms. The molecule has 2 aromatic carbocycles. The summed E-state index contributed by atoms with van der Waals surface area (Å²) in [4.78, 5) is 12.8. The van der Waals surface area contributed by atoms with Crippen LogP contribution in [-0.4, -0.2) is 26.6 Å². The fraction of sp³-hybridized carbons (Fsp3) is 0.409. The van der Waals surface area contributed by atoms with Crippen LogP contribution in [0.3, 0.4) is 0 Å². The van der Waals surface area contributed by atoms with E-state index in [1.165, 1.54) is 4.31 Å². The molecule has 3 rings (SSSR count). The van der Waals surface area contributed by atoms with Crippen molar-refractivity contribution in [1.29, 1.82) is 0 Å². The quantitative estimate of drug-likeness (QED) is 0.823. The Kier molecular flexibility index (Phi) is 6.08. The molecule has 1 aliphatic rings. The second kappa shape index (κ2) is 8.35. The third-order valence-electron chi connectivity index (χ3n) is 5.24. The number of hydrogen-bond acceptors (Lipinski definition) is 3. The summed E-state index contributed by atoms with van der Waals surface area (Å²) in [5.74, 6) is 0.264. The number of hydrogen-bond donors (Lipinski definition) is 1. The van der Waals surface area contributed by atoms with E-state index in [0.29, 0.717) is 24.2 Å². The monoisotopic (exact) mass is 400 g/mol. The van der Waals surface area contributed by atoms with Crippen molar-refractivity contribution in [2.45, 2.75) is 39.7 Å². The largest absolute Gasteiger partial charge is 0.345 e. The van der Waals surface area contributed by atoms with Crippen molar-refractivity contribution in [2.75, 3.05) is 16.6 Å². The first-order chi connectivity index (χ1) is 13.3. The third-order valence-corrected chi connectivity index (χ3v) is 7.11. The number of rotatable bonds is 5. The van der Waals surface area contributed by atoms with Crippen LogP contribution in [-0.2, 0) is 10.0 Å². The van der Waals surface area contributed by atoms with Gasteiger partial charge in [0.25, 0.3) is 5.91 Å². The maximum atomic E-state index is 12.8. The SMILES string of the molecule is Cc1ccccc1[C@@H](NC(=O)c1ccc(N2CCCCS2(=O)=O)cc1)C(C)C. The zero-order chi connectivity index (χ0) is 20.3. The molecule has 1 saturated heterocycles. The lowest BCUT2D eigenvalue weighted by atomic mass is 9.92. The molecule has 0 aromatic heterocycles. The number of aryl methyl sites for hydroxylation is 1. The smallest absolute Gasteiger partial charge is 0.251 e. The van der Waals surface area contributed by atoms with Crippen molar-refractivity contribution < 1.29 is 13.2 Å². The van der Waals surface area contributed by atoms with E-state index in [1.54, 1.807) is 24.3 Å². The van der Waals surface area contributed by atoms with Gasteiger partial charge in [-0.05, 0) is 61.1 Å². The summed E-state index contributed by atoms with van der Waals surface area (Å²) in [6.07, 6.45) is 1.56. The molecule has 0 unspecified atom stereocenters. The van der Waals surface area contributed by atoms with Gasteiger partial charge in [-0.15, -0.1) is 0 Å². The molecular weight excluding hydrogens is 372 g/mol. The number of sulfonamides is 1. The highest BCUT2D eigenvalue weighted by atomic mass is 32.2. The average Bonchev–Trinajstić information content (AvgIpc) is 2.66. The Morgan fingerprint density at radius 3 is 2.32 bits per heavy atom. The summed E-state index contributed by atoms with van der Waals surface area (Å²) in [6, 6.07) is 14.8. The Morgan fingerprint density at radius 2 is 1.71 bits per heavy atom. The minimum Gasteiger partial charge on any atom is -0.345 e. The van der Waals surface area contributed by atoms with Gasteiger partial charge in [0.1, 0.15) is 0 Å². The zero-order valence-corrected chi connectivity index (χ0v) is 17.5. The normalized spacial score (nSPS) is 17.4. The summed E-state index contributed by atoms with van der Waals surface area (Å²) >= 11 is 0. The van der Waals surface area contributed by atoms with Crippen molar-refractivity contribution >= 4 is 21.6 Å². The first kappa shape index (κ1) is 20.4. The number of nitrogens with zero attached hydrogens (tertiary/aromatic N) is 1. The predicted octanol–water partition coefficient (Wildman–Crippen LogP) is 4.05. The van der Waals surface area contributed by atoms with Gasteiger partial charge < -0.3 is 5.32 Å². The van der Waals surface area contributed by atoms with E-state index >= 15 is 0 Å². The van der Waals surface area contributed by atoms with Crippen LogP contribution in [0.2, 0.25) is 0 Å². The first-order valence-electron chi connectivity index (χ1n) is 9.76. The molecule has 1 atom stereocenters. The van der Waals surface area contributed by atoms with Crippen molar-refractivity contribution in [2.24, 2.45) is 5.92 Å². The van der Waals surface area contributed by atoms with Crippen LogP contribution in [0.15, 0.2) is 48.5 Å². The lowest BCUT2D eigenvalue weighted by Crippen LogP contribution is -2.37. The van der Waals surface area contributed by atoms with E-state index in [1.807, 2.05) is 31.2 Å². The van der Waals surface area contributed by atoms with E-state index < -0.39 is 10.0 Å². The number of carbonyl (C=O) groups is 1. The lowest BCUT2D eigenvalue weighted by Gasteiger charge is -2.28. The molecule has 0 bridgehead atoms. The molecule has 1 fully saturated rings. The molecule has 1 N–H and O–H groups in total. The highest BCUT2D eigenvalue weighted by Crippen LogP contribution is 2.26. The molecule has 1 amide bonds. The van der Waals surface area contributed by atoms with E-state index in [2.05, 4.69) is 19.2 Å². The van der Waals surface area contributed by atoms with E-state index in [9.17, 15) is 13.2 Å². The number of anilines is 1. The van der Waals surface area contributed by atoms with Gasteiger partial charge in [-0.3, -0.25) is 9.10 Å². The third kappa shape index (κ3) is 4.38. The average molecular weight is 401 g/mol. The lowest BCUT2D eigenvalue weighted by molar-refractivity contribution is 0.0925. The summed E-state index contributed by atoms with van der Waals surface area (Å²) in [6.45, 7) is 6.71. The van der Waals surface area contributed by atoms with Crippen LogP contribution in [0.5, 0.6) is 0 Å². The van der Waals surface area contributed by atoms with Crippen LogP contribution < -0.4 is 9.62 Å². The minimum atomic E-state index is -3.25. The molecule has 2 aromatic rings. The van der Waals surface area contributed by atoms with Crippen molar-refractivity contribution in [3.05, 3.63) is 65.2 Å². The van der Waals surface area contributed by atoms with Crippen LogP contribution >= 0.6 is 0 Å². The fourth-order valence-electron chi connectivity index (χ4n) is 3.62. The standard InChI is InChI=1S/C22H28N2O3S/c1-16(2)21(20-9-5-4-8-17(20)3)23-22(25)18-10-12-19(13-11-18)24-14-6-7-15-28(24,26)27/h4-5,8-13,16,21H,6-7,14-15H2,1-3H3,(H,23,25)/t21-/m0/s1. The summed E-state index contributed by atoms with van der Waals surface area (Å²) in [5, 5.41) is 3.13. The molecule has 0 aliphatic carbocycles. The molecule has 5 nitrogen and oxygen atoms in total. The van der Waals surface area contributed by atoms with Crippen LogP contribution in [0.1, 0.15) is 54.2 Å². The Balaban J connectivity index is 1.78. The molecule has 150 valence electrons. The van der Waals surface area contributed by atoms with Gasteiger partial charge in [-0.25, -0.2) is 8.42 Å². The Hall–Kier alpha value is -2.34. The summed E-state index contributed by atoms with van der Waals surface area (Å²) in [7, 11) is -3.25. The van der Waals surface area contributed by atoms with Crippen LogP contribution in [0.4, 0.5) is 5.69 Å². The maximum absolute atomic E-state index is 12.8. The van der Waals surface area contributed by atoms with Gasteiger partial charge in [0.2, 0.25) is 10.0 Å². The van der Waals surface area contributed by atoms with Crippen molar-refractivity contribution in [3.8, 4) is 0 Å². The number of nitrogens with one attached hydrogen (secondary N) is 1. The first-order valence-corrected chi connectivity index (χ1v) is 11.4. The Labute approximate surface area is 167 Å². The maximum Gasteiger partial charge on any atom is 0.251 e. The van der Waals surface area contributed by atoms with Gasteiger partial charge in [0, 0.05) is 12.1 Å². The molecular formula is C22H28N2O3S. The molecule has 1 aliphatic heterocycles.